The van der Waals surface area contributed by atoms with Crippen LogP contribution in [0, 0.1) is 5.92 Å². The third-order valence-corrected chi connectivity index (χ3v) is 3.62. The van der Waals surface area contributed by atoms with E-state index >= 15 is 0 Å². The summed E-state index contributed by atoms with van der Waals surface area (Å²) in [6, 6.07) is -0.255. The van der Waals surface area contributed by atoms with Gasteiger partial charge in [0.2, 0.25) is 11.8 Å². The summed E-state index contributed by atoms with van der Waals surface area (Å²) < 4.78 is 0. The van der Waals surface area contributed by atoms with Crippen LogP contribution in [0.3, 0.4) is 0 Å². The van der Waals surface area contributed by atoms with E-state index in [1.54, 1.807) is 0 Å². The Labute approximate surface area is 114 Å². The molecule has 0 aromatic rings. The fourth-order valence-corrected chi connectivity index (χ4v) is 2.63. The second-order valence-electron chi connectivity index (χ2n) is 5.76. The number of piperazine rings is 2. The molecule has 6 nitrogen and oxygen atoms in total. The lowest BCUT2D eigenvalue weighted by Crippen LogP contribution is -2.61. The lowest BCUT2D eigenvalue weighted by atomic mass is 10.1. The number of hydrogen-bond donors (Lipinski definition) is 2. The van der Waals surface area contributed by atoms with Gasteiger partial charge < -0.3 is 10.2 Å². The van der Waals surface area contributed by atoms with Crippen LogP contribution in [0.5, 0.6) is 0 Å². The van der Waals surface area contributed by atoms with Gasteiger partial charge in [-0.15, -0.1) is 0 Å². The molecule has 0 spiro atoms. The van der Waals surface area contributed by atoms with Gasteiger partial charge in [-0.3, -0.25) is 19.8 Å². The van der Waals surface area contributed by atoms with Crippen molar-refractivity contribution in [2.24, 2.45) is 5.92 Å². The van der Waals surface area contributed by atoms with Crippen molar-refractivity contribution in [3.05, 3.63) is 0 Å². The van der Waals surface area contributed by atoms with Gasteiger partial charge in [0.05, 0.1) is 6.54 Å². The van der Waals surface area contributed by atoms with Crippen LogP contribution in [0.25, 0.3) is 0 Å². The Morgan fingerprint density at radius 3 is 2.53 bits per heavy atom. The fraction of sp³-hybridized carbons (Fsp3) is 0.846. The Kier molecular flexibility index (Phi) is 4.76. The molecule has 2 saturated heterocycles. The molecule has 6 heteroatoms. The highest BCUT2D eigenvalue weighted by atomic mass is 16.2. The van der Waals surface area contributed by atoms with E-state index in [1.807, 2.05) is 4.90 Å². The molecule has 0 aromatic carbocycles. The van der Waals surface area contributed by atoms with Crippen LogP contribution in [-0.4, -0.2) is 73.5 Å². The van der Waals surface area contributed by atoms with E-state index < -0.39 is 0 Å². The van der Waals surface area contributed by atoms with Crippen LogP contribution >= 0.6 is 0 Å². The highest BCUT2D eigenvalue weighted by Crippen LogP contribution is 2.07. The van der Waals surface area contributed by atoms with Crippen molar-refractivity contribution in [3.63, 3.8) is 0 Å². The first-order valence-corrected chi connectivity index (χ1v) is 7.07. The van der Waals surface area contributed by atoms with Gasteiger partial charge in [-0.2, -0.15) is 0 Å². The summed E-state index contributed by atoms with van der Waals surface area (Å²) in [5, 5.41) is 5.72. The molecule has 2 rings (SSSR count). The lowest BCUT2D eigenvalue weighted by Gasteiger charge is -2.37. The van der Waals surface area contributed by atoms with E-state index in [1.165, 1.54) is 0 Å². The predicted molar refractivity (Wildman–Crippen MR) is 72.7 cm³/mol. The molecule has 0 aliphatic carbocycles. The second kappa shape index (κ2) is 6.34. The van der Waals surface area contributed by atoms with E-state index in [2.05, 4.69) is 29.4 Å². The average Bonchev–Trinajstić information content (AvgIpc) is 2.39. The summed E-state index contributed by atoms with van der Waals surface area (Å²) in [5.41, 5.74) is 0. The molecule has 1 atom stereocenters. The minimum absolute atomic E-state index is 0.0363. The van der Waals surface area contributed by atoms with Gasteiger partial charge in [-0.1, -0.05) is 13.8 Å². The standard InChI is InChI=1S/C13H24N4O2/c1-10(2)9-16-3-5-17(6-4-16)13(19)11-7-15-12(18)8-14-11/h10-11,14H,3-9H2,1-2H3,(H,15,18). The Morgan fingerprint density at radius 2 is 2.00 bits per heavy atom. The summed E-state index contributed by atoms with van der Waals surface area (Å²) in [5.74, 6) is 0.743. The van der Waals surface area contributed by atoms with E-state index in [0.717, 1.165) is 32.7 Å². The largest absolute Gasteiger partial charge is 0.353 e. The van der Waals surface area contributed by atoms with Crippen LogP contribution in [0.2, 0.25) is 0 Å². The molecule has 2 aliphatic heterocycles. The number of nitrogens with zero attached hydrogens (tertiary/aromatic N) is 2. The monoisotopic (exact) mass is 268 g/mol. The minimum Gasteiger partial charge on any atom is -0.353 e. The molecule has 0 bridgehead atoms. The highest BCUT2D eigenvalue weighted by molar-refractivity contribution is 5.86. The molecule has 0 radical (unpaired) electrons. The van der Waals surface area contributed by atoms with Gasteiger partial charge in [-0.25, -0.2) is 0 Å². The normalized spacial score (nSPS) is 25.5. The van der Waals surface area contributed by atoms with Gasteiger partial charge >= 0.3 is 0 Å². The van der Waals surface area contributed by atoms with Crippen LogP contribution in [0.15, 0.2) is 0 Å². The maximum absolute atomic E-state index is 12.3. The molecule has 2 fully saturated rings. The number of carbonyl (C=O) groups excluding carboxylic acids is 2. The van der Waals surface area contributed by atoms with E-state index in [-0.39, 0.29) is 24.4 Å². The number of rotatable bonds is 3. The smallest absolute Gasteiger partial charge is 0.241 e. The van der Waals surface area contributed by atoms with Crippen molar-refractivity contribution in [2.45, 2.75) is 19.9 Å². The topological polar surface area (TPSA) is 64.7 Å². The van der Waals surface area contributed by atoms with Gasteiger partial charge in [-0.05, 0) is 5.92 Å². The summed E-state index contributed by atoms with van der Waals surface area (Å²) in [4.78, 5) is 27.6. The molecular weight excluding hydrogens is 244 g/mol. The average molecular weight is 268 g/mol. The predicted octanol–water partition coefficient (Wildman–Crippen LogP) is -1.13. The number of amides is 2. The summed E-state index contributed by atoms with van der Waals surface area (Å²) in [6.07, 6.45) is 0. The fourth-order valence-electron chi connectivity index (χ4n) is 2.63. The Balaban J connectivity index is 1.77. The van der Waals surface area contributed by atoms with E-state index in [4.69, 9.17) is 0 Å². The molecular formula is C13H24N4O2. The van der Waals surface area contributed by atoms with Crippen molar-refractivity contribution >= 4 is 11.8 Å². The van der Waals surface area contributed by atoms with Gasteiger partial charge in [0.25, 0.3) is 0 Å². The van der Waals surface area contributed by atoms with Crippen LogP contribution < -0.4 is 10.6 Å². The van der Waals surface area contributed by atoms with Crippen molar-refractivity contribution in [1.82, 2.24) is 20.4 Å². The Morgan fingerprint density at radius 1 is 1.32 bits per heavy atom. The van der Waals surface area contributed by atoms with Crippen LogP contribution in [0.1, 0.15) is 13.8 Å². The second-order valence-corrected chi connectivity index (χ2v) is 5.76. The number of carbonyl (C=O) groups is 2. The maximum Gasteiger partial charge on any atom is 0.241 e. The molecule has 19 heavy (non-hydrogen) atoms. The van der Waals surface area contributed by atoms with Crippen molar-refractivity contribution in [2.75, 3.05) is 45.8 Å². The van der Waals surface area contributed by atoms with E-state index in [0.29, 0.717) is 12.5 Å². The lowest BCUT2D eigenvalue weighted by molar-refractivity contribution is -0.136. The van der Waals surface area contributed by atoms with Crippen molar-refractivity contribution < 1.29 is 9.59 Å². The number of nitrogens with one attached hydrogen (secondary N) is 2. The van der Waals surface area contributed by atoms with Crippen LogP contribution in [0.4, 0.5) is 0 Å². The first kappa shape index (κ1) is 14.3. The van der Waals surface area contributed by atoms with Crippen molar-refractivity contribution in [3.8, 4) is 0 Å². The zero-order chi connectivity index (χ0) is 13.8. The van der Waals surface area contributed by atoms with E-state index in [9.17, 15) is 9.59 Å². The zero-order valence-corrected chi connectivity index (χ0v) is 11.8. The quantitative estimate of drug-likeness (QED) is 0.680. The van der Waals surface area contributed by atoms with Gasteiger partial charge in [0.15, 0.2) is 0 Å². The molecule has 0 saturated carbocycles. The maximum atomic E-state index is 12.3. The van der Waals surface area contributed by atoms with Gasteiger partial charge in [0.1, 0.15) is 6.04 Å². The Bertz CT molecular complexity index is 328. The molecule has 1 unspecified atom stereocenters. The first-order chi connectivity index (χ1) is 9.06. The number of hydrogen-bond acceptors (Lipinski definition) is 4. The molecule has 2 heterocycles. The summed E-state index contributed by atoms with van der Waals surface area (Å²) in [6.45, 7) is 9.65. The third kappa shape index (κ3) is 3.91. The Hall–Kier alpha value is -1.14. The summed E-state index contributed by atoms with van der Waals surface area (Å²) >= 11 is 0. The summed E-state index contributed by atoms with van der Waals surface area (Å²) in [7, 11) is 0. The first-order valence-electron chi connectivity index (χ1n) is 7.07. The van der Waals surface area contributed by atoms with Gasteiger partial charge in [0, 0.05) is 39.3 Å². The molecule has 2 amide bonds. The molecule has 108 valence electrons. The van der Waals surface area contributed by atoms with Crippen molar-refractivity contribution in [1.29, 1.82) is 0 Å². The SMILES string of the molecule is CC(C)CN1CCN(C(=O)C2CNC(=O)CN2)CC1. The van der Waals surface area contributed by atoms with Crippen LogP contribution in [-0.2, 0) is 9.59 Å². The molecule has 2 aliphatic rings. The zero-order valence-electron chi connectivity index (χ0n) is 11.8. The minimum atomic E-state index is -0.255. The molecule has 0 aromatic heterocycles. The third-order valence-electron chi connectivity index (χ3n) is 3.62. The highest BCUT2D eigenvalue weighted by Gasteiger charge is 2.29. The molecule has 2 N–H and O–H groups in total.